The molecule has 3 heterocycles. The lowest BCUT2D eigenvalue weighted by Gasteiger charge is -2.27. The van der Waals surface area contributed by atoms with Crippen LogP contribution in [-0.2, 0) is 29.5 Å². The van der Waals surface area contributed by atoms with Crippen molar-refractivity contribution in [2.75, 3.05) is 40.0 Å². The fourth-order valence-electron chi connectivity index (χ4n) is 4.23. The van der Waals surface area contributed by atoms with E-state index in [1.54, 1.807) is 32.3 Å². The van der Waals surface area contributed by atoms with Crippen LogP contribution in [0.3, 0.4) is 0 Å². The number of esters is 1. The molecule has 0 unspecified atom stereocenters. The highest BCUT2D eigenvalue weighted by Crippen LogP contribution is 2.27. The molecular formula is C25H28FN3O5. The topological polar surface area (TPSA) is 82.9 Å². The van der Waals surface area contributed by atoms with Crippen LogP contribution in [0, 0.1) is 5.82 Å². The van der Waals surface area contributed by atoms with E-state index in [1.165, 1.54) is 17.7 Å². The molecule has 0 N–H and O–H groups in total. The summed E-state index contributed by atoms with van der Waals surface area (Å²) in [6, 6.07) is 6.67. The highest BCUT2D eigenvalue weighted by atomic mass is 19.1. The summed E-state index contributed by atoms with van der Waals surface area (Å²) in [5, 5.41) is 0. The standard InChI is InChI=1S/C25H28FN3O5/c1-4-34-25(31)21-23(32-3)22-20(28(2)24(21)30)12-16(14-27-22)11-17-5-6-19(26)13-18(17)15-29-7-9-33-10-8-29/h5-6,12-14H,4,7-11,15H2,1-3H3. The minimum absolute atomic E-state index is 0.0953. The number of ether oxygens (including phenoxy) is 3. The largest absolute Gasteiger partial charge is 0.493 e. The molecule has 180 valence electrons. The number of carbonyl (C=O) groups excluding carboxylic acids is 1. The molecule has 1 aliphatic heterocycles. The molecule has 0 amide bonds. The molecule has 8 nitrogen and oxygen atoms in total. The summed E-state index contributed by atoms with van der Waals surface area (Å²) < 4.78 is 31.3. The first-order valence-electron chi connectivity index (χ1n) is 11.2. The number of hydrogen-bond donors (Lipinski definition) is 0. The van der Waals surface area contributed by atoms with Crippen molar-refractivity contribution in [1.82, 2.24) is 14.5 Å². The lowest BCUT2D eigenvalue weighted by Crippen LogP contribution is -2.35. The van der Waals surface area contributed by atoms with Crippen LogP contribution in [0.25, 0.3) is 11.0 Å². The summed E-state index contributed by atoms with van der Waals surface area (Å²) in [5.74, 6) is -0.924. The van der Waals surface area contributed by atoms with Crippen molar-refractivity contribution in [2.24, 2.45) is 7.05 Å². The van der Waals surface area contributed by atoms with Gasteiger partial charge >= 0.3 is 5.97 Å². The smallest absolute Gasteiger partial charge is 0.347 e. The van der Waals surface area contributed by atoms with Crippen LogP contribution in [0.5, 0.6) is 5.75 Å². The molecule has 1 aromatic carbocycles. The zero-order chi connectivity index (χ0) is 24.2. The maximum Gasteiger partial charge on any atom is 0.347 e. The van der Waals surface area contributed by atoms with E-state index in [2.05, 4.69) is 9.88 Å². The number of morpholine rings is 1. The Bertz CT molecular complexity index is 1270. The monoisotopic (exact) mass is 469 g/mol. The summed E-state index contributed by atoms with van der Waals surface area (Å²) in [4.78, 5) is 32.1. The number of halogens is 1. The minimum Gasteiger partial charge on any atom is -0.493 e. The van der Waals surface area contributed by atoms with Gasteiger partial charge in [0.05, 0.1) is 32.4 Å². The van der Waals surface area contributed by atoms with Gasteiger partial charge in [-0.1, -0.05) is 6.07 Å². The second-order valence-corrected chi connectivity index (χ2v) is 8.18. The second-order valence-electron chi connectivity index (χ2n) is 8.18. The zero-order valence-electron chi connectivity index (χ0n) is 19.6. The number of aryl methyl sites for hydroxylation is 1. The van der Waals surface area contributed by atoms with Crippen LogP contribution in [0.1, 0.15) is 34.0 Å². The lowest BCUT2D eigenvalue weighted by atomic mass is 9.99. The van der Waals surface area contributed by atoms with Crippen molar-refractivity contribution in [1.29, 1.82) is 0 Å². The number of carbonyl (C=O) groups is 1. The first-order valence-corrected chi connectivity index (χ1v) is 11.2. The van der Waals surface area contributed by atoms with Gasteiger partial charge in [0, 0.05) is 32.9 Å². The molecule has 0 saturated carbocycles. The summed E-state index contributed by atoms with van der Waals surface area (Å²) in [6.45, 7) is 5.39. The van der Waals surface area contributed by atoms with E-state index in [-0.39, 0.29) is 23.7 Å². The molecular weight excluding hydrogens is 441 g/mol. The van der Waals surface area contributed by atoms with Crippen molar-refractivity contribution in [3.63, 3.8) is 0 Å². The summed E-state index contributed by atoms with van der Waals surface area (Å²) >= 11 is 0. The van der Waals surface area contributed by atoms with E-state index in [9.17, 15) is 14.0 Å². The van der Waals surface area contributed by atoms with Gasteiger partial charge in [0.25, 0.3) is 5.56 Å². The third kappa shape index (κ3) is 4.80. The number of fused-ring (bicyclic) bond motifs is 1. The van der Waals surface area contributed by atoms with Gasteiger partial charge < -0.3 is 18.8 Å². The fraction of sp³-hybridized carbons (Fsp3) is 0.400. The van der Waals surface area contributed by atoms with Crippen LogP contribution in [-0.4, -0.2) is 60.4 Å². The average molecular weight is 470 g/mol. The Kier molecular flexibility index (Phi) is 7.23. The van der Waals surface area contributed by atoms with Crippen LogP contribution in [0.15, 0.2) is 35.3 Å². The minimum atomic E-state index is -0.744. The van der Waals surface area contributed by atoms with E-state index in [0.717, 1.165) is 29.8 Å². The number of rotatable bonds is 7. The van der Waals surface area contributed by atoms with E-state index >= 15 is 0 Å². The lowest BCUT2D eigenvalue weighted by molar-refractivity contribution is 0.0340. The molecule has 4 rings (SSSR count). The molecule has 0 bridgehead atoms. The quantitative estimate of drug-likeness (QED) is 0.492. The number of nitrogens with zero attached hydrogens (tertiary/aromatic N) is 3. The van der Waals surface area contributed by atoms with E-state index < -0.39 is 11.5 Å². The van der Waals surface area contributed by atoms with Crippen molar-refractivity contribution < 1.29 is 23.4 Å². The molecule has 0 spiro atoms. The van der Waals surface area contributed by atoms with Gasteiger partial charge in [-0.15, -0.1) is 0 Å². The molecule has 0 atom stereocenters. The SMILES string of the molecule is CCOC(=O)c1c(OC)c2ncc(Cc3ccc(F)cc3CN3CCOCC3)cc2n(C)c1=O. The Balaban J connectivity index is 1.72. The Labute approximate surface area is 196 Å². The maximum atomic E-state index is 14.0. The summed E-state index contributed by atoms with van der Waals surface area (Å²) in [7, 11) is 2.98. The summed E-state index contributed by atoms with van der Waals surface area (Å²) in [6.07, 6.45) is 2.20. The van der Waals surface area contributed by atoms with E-state index in [0.29, 0.717) is 37.2 Å². The van der Waals surface area contributed by atoms with Gasteiger partial charge in [-0.05, 0) is 48.2 Å². The Morgan fingerprint density at radius 2 is 1.97 bits per heavy atom. The molecule has 0 aliphatic carbocycles. The number of aromatic nitrogens is 2. The molecule has 9 heteroatoms. The third-order valence-corrected chi connectivity index (χ3v) is 5.99. The van der Waals surface area contributed by atoms with Gasteiger partial charge in [0.15, 0.2) is 11.3 Å². The van der Waals surface area contributed by atoms with Crippen molar-refractivity contribution in [3.05, 3.63) is 68.9 Å². The molecule has 1 aliphatic rings. The van der Waals surface area contributed by atoms with E-state index in [4.69, 9.17) is 14.2 Å². The normalized spacial score (nSPS) is 14.4. The van der Waals surface area contributed by atoms with Crippen LogP contribution in [0.4, 0.5) is 4.39 Å². The predicted molar refractivity (Wildman–Crippen MR) is 125 cm³/mol. The van der Waals surface area contributed by atoms with Crippen molar-refractivity contribution >= 4 is 17.0 Å². The molecule has 3 aromatic rings. The molecule has 1 saturated heterocycles. The molecule has 2 aromatic heterocycles. The van der Waals surface area contributed by atoms with Crippen LogP contribution in [0.2, 0.25) is 0 Å². The van der Waals surface area contributed by atoms with Gasteiger partial charge in [-0.25, -0.2) is 9.18 Å². The zero-order valence-corrected chi connectivity index (χ0v) is 19.6. The van der Waals surface area contributed by atoms with Crippen LogP contribution < -0.4 is 10.3 Å². The predicted octanol–water partition coefficient (Wildman–Crippen LogP) is 2.68. The van der Waals surface area contributed by atoms with Crippen LogP contribution >= 0.6 is 0 Å². The van der Waals surface area contributed by atoms with Gasteiger partial charge in [-0.3, -0.25) is 14.7 Å². The molecule has 34 heavy (non-hydrogen) atoms. The number of hydrogen-bond acceptors (Lipinski definition) is 7. The summed E-state index contributed by atoms with van der Waals surface area (Å²) in [5.41, 5.74) is 2.97. The fourth-order valence-corrected chi connectivity index (χ4v) is 4.23. The first kappa shape index (κ1) is 23.8. The third-order valence-electron chi connectivity index (χ3n) is 5.99. The molecule has 0 radical (unpaired) electrons. The highest BCUT2D eigenvalue weighted by molar-refractivity contribution is 5.98. The number of benzene rings is 1. The number of pyridine rings is 2. The number of methoxy groups -OCH3 is 1. The Hall–Kier alpha value is -3.30. The second kappa shape index (κ2) is 10.3. The Morgan fingerprint density at radius 3 is 2.68 bits per heavy atom. The first-order chi connectivity index (χ1) is 16.4. The van der Waals surface area contributed by atoms with Crippen molar-refractivity contribution in [3.8, 4) is 5.75 Å². The van der Waals surface area contributed by atoms with Gasteiger partial charge in [0.2, 0.25) is 0 Å². The average Bonchev–Trinajstić information content (AvgIpc) is 2.83. The van der Waals surface area contributed by atoms with E-state index in [1.807, 2.05) is 6.07 Å². The Morgan fingerprint density at radius 1 is 1.21 bits per heavy atom. The van der Waals surface area contributed by atoms with Gasteiger partial charge in [-0.2, -0.15) is 0 Å². The maximum absolute atomic E-state index is 14.0. The van der Waals surface area contributed by atoms with Gasteiger partial charge in [0.1, 0.15) is 11.3 Å². The highest BCUT2D eigenvalue weighted by Gasteiger charge is 2.24. The molecule has 1 fully saturated rings. The van der Waals surface area contributed by atoms with Crippen molar-refractivity contribution in [2.45, 2.75) is 19.9 Å².